The summed E-state index contributed by atoms with van der Waals surface area (Å²) in [6.07, 6.45) is 4.81. The van der Waals surface area contributed by atoms with Crippen molar-refractivity contribution in [1.29, 1.82) is 0 Å². The standard InChI is InChI=1S/C13H23N5OS/c1-9(2)18-13(15-16-17-18)20-8-12(19)14-11-7-5-4-6-10(11)3/h9-11H,4-8H2,1-3H3,(H,14,19)/t10-,11-/m1/s1. The molecule has 1 aliphatic rings. The van der Waals surface area contributed by atoms with Crippen molar-refractivity contribution in [3.05, 3.63) is 0 Å². The fourth-order valence-corrected chi connectivity index (χ4v) is 3.33. The van der Waals surface area contributed by atoms with E-state index in [0.29, 0.717) is 22.9 Å². The lowest BCUT2D eigenvalue weighted by molar-refractivity contribution is -0.119. The first-order valence-electron chi connectivity index (χ1n) is 7.28. The summed E-state index contributed by atoms with van der Waals surface area (Å²) in [6, 6.07) is 0.534. The first-order valence-corrected chi connectivity index (χ1v) is 8.26. The third-order valence-corrected chi connectivity index (χ3v) is 4.68. The van der Waals surface area contributed by atoms with Gasteiger partial charge in [0.25, 0.3) is 0 Å². The third-order valence-electron chi connectivity index (χ3n) is 3.74. The second-order valence-electron chi connectivity index (χ2n) is 5.72. The van der Waals surface area contributed by atoms with E-state index in [-0.39, 0.29) is 11.9 Å². The molecule has 0 spiro atoms. The van der Waals surface area contributed by atoms with Crippen LogP contribution in [0.15, 0.2) is 5.16 Å². The van der Waals surface area contributed by atoms with Crippen LogP contribution in [0.3, 0.4) is 0 Å². The summed E-state index contributed by atoms with van der Waals surface area (Å²) in [5.74, 6) is 1.03. The average Bonchev–Trinajstić information content (AvgIpc) is 2.88. The highest BCUT2D eigenvalue weighted by Crippen LogP contribution is 2.24. The third kappa shape index (κ3) is 3.94. The van der Waals surface area contributed by atoms with Crippen LogP contribution in [0.5, 0.6) is 0 Å². The summed E-state index contributed by atoms with van der Waals surface area (Å²) in [4.78, 5) is 12.0. The number of rotatable bonds is 5. The number of tetrazole rings is 1. The zero-order valence-electron chi connectivity index (χ0n) is 12.4. The van der Waals surface area contributed by atoms with E-state index in [2.05, 4.69) is 27.8 Å². The van der Waals surface area contributed by atoms with E-state index in [4.69, 9.17) is 0 Å². The molecule has 0 aliphatic heterocycles. The molecule has 1 aromatic heterocycles. The Labute approximate surface area is 124 Å². The van der Waals surface area contributed by atoms with Gasteiger partial charge in [-0.15, -0.1) is 5.10 Å². The Hall–Kier alpha value is -1.11. The Balaban J connectivity index is 1.81. The van der Waals surface area contributed by atoms with Gasteiger partial charge >= 0.3 is 0 Å². The van der Waals surface area contributed by atoms with Crippen molar-refractivity contribution >= 4 is 17.7 Å². The van der Waals surface area contributed by atoms with Crippen LogP contribution in [0.1, 0.15) is 52.5 Å². The van der Waals surface area contributed by atoms with Crippen LogP contribution in [0.25, 0.3) is 0 Å². The van der Waals surface area contributed by atoms with E-state index in [9.17, 15) is 4.79 Å². The summed E-state index contributed by atoms with van der Waals surface area (Å²) in [5.41, 5.74) is 0. The second kappa shape index (κ2) is 7.06. The molecular formula is C13H23N5OS. The molecule has 2 atom stereocenters. The number of amides is 1. The van der Waals surface area contributed by atoms with Gasteiger partial charge in [0.05, 0.1) is 11.8 Å². The summed E-state index contributed by atoms with van der Waals surface area (Å²) in [5, 5.41) is 15.4. The maximum absolute atomic E-state index is 12.0. The summed E-state index contributed by atoms with van der Waals surface area (Å²) >= 11 is 1.39. The lowest BCUT2D eigenvalue weighted by atomic mass is 9.86. The maximum atomic E-state index is 12.0. The molecule has 0 unspecified atom stereocenters. The molecule has 1 saturated carbocycles. The van der Waals surface area contributed by atoms with Crippen LogP contribution < -0.4 is 5.32 Å². The van der Waals surface area contributed by atoms with Crippen LogP contribution in [0, 0.1) is 5.92 Å². The molecule has 1 fully saturated rings. The Kier molecular flexibility index (Phi) is 5.39. The van der Waals surface area contributed by atoms with Crippen molar-refractivity contribution in [1.82, 2.24) is 25.5 Å². The molecule has 0 bridgehead atoms. The minimum absolute atomic E-state index is 0.0760. The predicted octanol–water partition coefficient (Wildman–Crippen LogP) is 2.04. The molecule has 0 saturated heterocycles. The molecule has 7 heteroatoms. The molecule has 1 heterocycles. The predicted molar refractivity (Wildman–Crippen MR) is 78.5 cm³/mol. The highest BCUT2D eigenvalue weighted by molar-refractivity contribution is 7.99. The average molecular weight is 297 g/mol. The Morgan fingerprint density at radius 2 is 2.20 bits per heavy atom. The number of carbonyl (C=O) groups is 1. The maximum Gasteiger partial charge on any atom is 0.230 e. The van der Waals surface area contributed by atoms with Gasteiger partial charge in [-0.05, 0) is 43.0 Å². The van der Waals surface area contributed by atoms with Crippen LogP contribution in [0.2, 0.25) is 0 Å². The summed E-state index contributed by atoms with van der Waals surface area (Å²) in [7, 11) is 0. The highest BCUT2D eigenvalue weighted by atomic mass is 32.2. The largest absolute Gasteiger partial charge is 0.352 e. The number of nitrogens with one attached hydrogen (secondary N) is 1. The molecule has 0 radical (unpaired) electrons. The van der Waals surface area contributed by atoms with Crippen LogP contribution >= 0.6 is 11.8 Å². The fraction of sp³-hybridized carbons (Fsp3) is 0.846. The SMILES string of the molecule is CC(C)n1nnnc1SCC(=O)N[C@@H]1CCCC[C@H]1C. The quantitative estimate of drug-likeness (QED) is 0.842. The normalized spacial score (nSPS) is 23.0. The first kappa shape index (κ1) is 15.3. The van der Waals surface area contributed by atoms with Crippen molar-refractivity contribution in [2.45, 2.75) is 63.7 Å². The van der Waals surface area contributed by atoms with Gasteiger partial charge < -0.3 is 5.32 Å². The van der Waals surface area contributed by atoms with E-state index >= 15 is 0 Å². The lowest BCUT2D eigenvalue weighted by Gasteiger charge is -2.29. The molecule has 20 heavy (non-hydrogen) atoms. The zero-order chi connectivity index (χ0) is 14.5. The zero-order valence-corrected chi connectivity index (χ0v) is 13.2. The molecule has 2 rings (SSSR count). The van der Waals surface area contributed by atoms with E-state index < -0.39 is 0 Å². The van der Waals surface area contributed by atoms with Gasteiger partial charge in [-0.25, -0.2) is 4.68 Å². The molecule has 6 nitrogen and oxygen atoms in total. The first-order chi connectivity index (χ1) is 9.58. The topological polar surface area (TPSA) is 72.7 Å². The van der Waals surface area contributed by atoms with Crippen molar-refractivity contribution in [2.24, 2.45) is 5.92 Å². The van der Waals surface area contributed by atoms with E-state index in [0.717, 1.165) is 6.42 Å². The molecular weight excluding hydrogens is 274 g/mol. The Morgan fingerprint density at radius 1 is 1.45 bits per heavy atom. The van der Waals surface area contributed by atoms with E-state index in [1.165, 1.54) is 31.0 Å². The number of thioether (sulfide) groups is 1. The Morgan fingerprint density at radius 3 is 2.90 bits per heavy atom. The van der Waals surface area contributed by atoms with Gasteiger partial charge in [-0.1, -0.05) is 31.5 Å². The van der Waals surface area contributed by atoms with E-state index in [1.54, 1.807) is 4.68 Å². The fourth-order valence-electron chi connectivity index (χ4n) is 2.51. The van der Waals surface area contributed by atoms with Crippen molar-refractivity contribution in [2.75, 3.05) is 5.75 Å². The Bertz CT molecular complexity index is 448. The van der Waals surface area contributed by atoms with Crippen LogP contribution in [-0.4, -0.2) is 37.9 Å². The van der Waals surface area contributed by atoms with Gasteiger partial charge in [-0.2, -0.15) is 0 Å². The number of aromatic nitrogens is 4. The number of hydrogen-bond donors (Lipinski definition) is 1. The van der Waals surface area contributed by atoms with Crippen molar-refractivity contribution in [3.63, 3.8) is 0 Å². The molecule has 0 aromatic carbocycles. The van der Waals surface area contributed by atoms with Gasteiger partial charge in [0, 0.05) is 6.04 Å². The smallest absolute Gasteiger partial charge is 0.230 e. The summed E-state index contributed by atoms with van der Waals surface area (Å²) in [6.45, 7) is 6.25. The molecule has 112 valence electrons. The molecule has 1 aliphatic carbocycles. The number of carbonyl (C=O) groups excluding carboxylic acids is 1. The van der Waals surface area contributed by atoms with E-state index in [1.807, 2.05) is 13.8 Å². The van der Waals surface area contributed by atoms with Gasteiger partial charge in [-0.3, -0.25) is 4.79 Å². The van der Waals surface area contributed by atoms with Crippen molar-refractivity contribution in [3.8, 4) is 0 Å². The van der Waals surface area contributed by atoms with Gasteiger partial charge in [0.15, 0.2) is 0 Å². The van der Waals surface area contributed by atoms with Crippen LogP contribution in [0.4, 0.5) is 0 Å². The number of hydrogen-bond acceptors (Lipinski definition) is 5. The summed E-state index contributed by atoms with van der Waals surface area (Å²) < 4.78 is 1.74. The second-order valence-corrected chi connectivity index (χ2v) is 6.67. The minimum atomic E-state index is 0.0760. The van der Waals surface area contributed by atoms with Crippen molar-refractivity contribution < 1.29 is 4.79 Å². The minimum Gasteiger partial charge on any atom is -0.352 e. The monoisotopic (exact) mass is 297 g/mol. The van der Waals surface area contributed by atoms with Gasteiger partial charge in [0.2, 0.25) is 11.1 Å². The molecule has 1 amide bonds. The number of nitrogens with zero attached hydrogens (tertiary/aromatic N) is 4. The molecule has 1 aromatic rings. The van der Waals surface area contributed by atoms with Crippen LogP contribution in [-0.2, 0) is 4.79 Å². The lowest BCUT2D eigenvalue weighted by Crippen LogP contribution is -2.41. The van der Waals surface area contributed by atoms with Gasteiger partial charge in [0.1, 0.15) is 0 Å². The highest BCUT2D eigenvalue weighted by Gasteiger charge is 2.23. The molecule has 1 N–H and O–H groups in total.